The van der Waals surface area contributed by atoms with Gasteiger partial charge in [0.15, 0.2) is 0 Å². The summed E-state index contributed by atoms with van der Waals surface area (Å²) in [6, 6.07) is 11.4. The largest absolute Gasteiger partial charge is 0.348 e. The van der Waals surface area contributed by atoms with E-state index in [0.717, 1.165) is 12.8 Å². The summed E-state index contributed by atoms with van der Waals surface area (Å²) in [4.78, 5) is 38.9. The minimum absolute atomic E-state index is 0.126. The van der Waals surface area contributed by atoms with Crippen LogP contribution in [0.25, 0.3) is 0 Å². The van der Waals surface area contributed by atoms with Crippen molar-refractivity contribution in [3.8, 4) is 0 Å². The lowest BCUT2D eigenvalue weighted by atomic mass is 10.0. The minimum atomic E-state index is -3.45. The van der Waals surface area contributed by atoms with Crippen molar-refractivity contribution < 1.29 is 22.8 Å². The SMILES string of the molecule is CCCCN1C(=O)c2ccc(C(=O)NCc3ccccc3CS(=O)(=O)NC)cc2C1=O. The monoisotopic (exact) mass is 443 g/mol. The fourth-order valence-corrected chi connectivity index (χ4v) is 4.21. The zero-order chi connectivity index (χ0) is 22.6. The molecule has 0 saturated heterocycles. The summed E-state index contributed by atoms with van der Waals surface area (Å²) in [7, 11) is -2.10. The molecule has 2 N–H and O–H groups in total. The predicted octanol–water partition coefficient (Wildman–Crippen LogP) is 2.06. The normalized spacial score (nSPS) is 13.4. The molecule has 0 unspecified atom stereocenters. The van der Waals surface area contributed by atoms with Gasteiger partial charge in [0.1, 0.15) is 0 Å². The van der Waals surface area contributed by atoms with Crippen LogP contribution in [0.2, 0.25) is 0 Å². The van der Waals surface area contributed by atoms with Crippen LogP contribution in [0.15, 0.2) is 42.5 Å². The van der Waals surface area contributed by atoms with E-state index in [2.05, 4.69) is 10.0 Å². The van der Waals surface area contributed by atoms with Crippen molar-refractivity contribution >= 4 is 27.7 Å². The fraction of sp³-hybridized carbons (Fsp3) is 0.318. The summed E-state index contributed by atoms with van der Waals surface area (Å²) < 4.78 is 26.0. The van der Waals surface area contributed by atoms with E-state index in [0.29, 0.717) is 23.2 Å². The van der Waals surface area contributed by atoms with Crippen LogP contribution in [-0.2, 0) is 22.3 Å². The Morgan fingerprint density at radius 1 is 1.00 bits per heavy atom. The van der Waals surface area contributed by atoms with Crippen molar-refractivity contribution in [2.45, 2.75) is 32.1 Å². The van der Waals surface area contributed by atoms with Crippen molar-refractivity contribution in [1.82, 2.24) is 14.9 Å². The van der Waals surface area contributed by atoms with Crippen LogP contribution in [0.3, 0.4) is 0 Å². The molecule has 0 aliphatic carbocycles. The first-order valence-electron chi connectivity index (χ1n) is 10.0. The van der Waals surface area contributed by atoms with Crippen LogP contribution in [0.5, 0.6) is 0 Å². The molecule has 0 fully saturated rings. The summed E-state index contributed by atoms with van der Waals surface area (Å²) in [5.74, 6) is -1.33. The van der Waals surface area contributed by atoms with Crippen molar-refractivity contribution in [2.24, 2.45) is 0 Å². The molecule has 0 saturated carbocycles. The molecule has 1 aliphatic rings. The van der Waals surface area contributed by atoms with Crippen molar-refractivity contribution in [1.29, 1.82) is 0 Å². The van der Waals surface area contributed by atoms with E-state index in [9.17, 15) is 22.8 Å². The lowest BCUT2D eigenvalue weighted by Crippen LogP contribution is -2.30. The first kappa shape index (κ1) is 22.6. The quantitative estimate of drug-likeness (QED) is 0.576. The van der Waals surface area contributed by atoms with Gasteiger partial charge in [-0.3, -0.25) is 19.3 Å². The molecular formula is C22H25N3O5S. The smallest absolute Gasteiger partial charge is 0.261 e. The number of unbranched alkanes of at least 4 members (excludes halogenated alkanes) is 1. The van der Waals surface area contributed by atoms with E-state index in [1.54, 1.807) is 24.3 Å². The molecule has 2 aromatic carbocycles. The van der Waals surface area contributed by atoms with Crippen LogP contribution in [-0.4, -0.2) is 44.6 Å². The number of hydrogen-bond donors (Lipinski definition) is 2. The number of benzene rings is 2. The second-order valence-electron chi connectivity index (χ2n) is 7.29. The first-order valence-corrected chi connectivity index (χ1v) is 11.7. The van der Waals surface area contributed by atoms with E-state index < -0.39 is 15.9 Å². The number of nitrogens with one attached hydrogen (secondary N) is 2. The number of amides is 3. The Hall–Kier alpha value is -3.04. The van der Waals surface area contributed by atoms with Gasteiger partial charge in [0.05, 0.1) is 16.9 Å². The Balaban J connectivity index is 1.74. The molecule has 0 atom stereocenters. The molecule has 0 spiro atoms. The highest BCUT2D eigenvalue weighted by Gasteiger charge is 2.35. The lowest BCUT2D eigenvalue weighted by Gasteiger charge is -2.12. The molecule has 0 aromatic heterocycles. The van der Waals surface area contributed by atoms with E-state index in [1.807, 2.05) is 6.92 Å². The molecule has 3 amide bonds. The Bertz CT molecular complexity index is 1130. The third-order valence-corrected chi connectivity index (χ3v) is 6.50. The van der Waals surface area contributed by atoms with Gasteiger partial charge in [-0.2, -0.15) is 0 Å². The van der Waals surface area contributed by atoms with Gasteiger partial charge < -0.3 is 5.32 Å². The van der Waals surface area contributed by atoms with Crippen LogP contribution < -0.4 is 10.0 Å². The molecule has 0 bridgehead atoms. The number of carbonyl (C=O) groups is 3. The molecule has 31 heavy (non-hydrogen) atoms. The maximum Gasteiger partial charge on any atom is 0.261 e. The molecule has 3 rings (SSSR count). The van der Waals surface area contributed by atoms with Crippen LogP contribution in [0.1, 0.15) is 62.0 Å². The van der Waals surface area contributed by atoms with E-state index in [1.165, 1.54) is 30.1 Å². The molecule has 8 nitrogen and oxygen atoms in total. The van der Waals surface area contributed by atoms with Crippen molar-refractivity contribution in [3.05, 3.63) is 70.3 Å². The number of imide groups is 1. The van der Waals surface area contributed by atoms with Crippen molar-refractivity contribution in [3.63, 3.8) is 0 Å². The maximum absolute atomic E-state index is 12.7. The molecule has 2 aromatic rings. The third kappa shape index (κ3) is 5.00. The average Bonchev–Trinajstić information content (AvgIpc) is 3.00. The summed E-state index contributed by atoms with van der Waals surface area (Å²) >= 11 is 0. The zero-order valence-electron chi connectivity index (χ0n) is 17.5. The van der Waals surface area contributed by atoms with Crippen LogP contribution in [0, 0.1) is 0 Å². The lowest BCUT2D eigenvalue weighted by molar-refractivity contribution is 0.0652. The van der Waals surface area contributed by atoms with Gasteiger partial charge in [-0.05, 0) is 42.8 Å². The molecule has 1 aliphatic heterocycles. The summed E-state index contributed by atoms with van der Waals surface area (Å²) in [6.07, 6.45) is 1.58. The molecule has 9 heteroatoms. The molecule has 1 heterocycles. The first-order chi connectivity index (χ1) is 14.8. The highest BCUT2D eigenvalue weighted by Crippen LogP contribution is 2.24. The molecule has 164 valence electrons. The zero-order valence-corrected chi connectivity index (χ0v) is 18.3. The number of carbonyl (C=O) groups excluding carboxylic acids is 3. The van der Waals surface area contributed by atoms with Gasteiger partial charge in [0.2, 0.25) is 10.0 Å². The Morgan fingerprint density at radius 2 is 1.68 bits per heavy atom. The average molecular weight is 444 g/mol. The van der Waals surface area contributed by atoms with Gasteiger partial charge in [-0.1, -0.05) is 37.6 Å². The standard InChI is InChI=1S/C22H25N3O5S/c1-3-4-11-25-21(27)18-10-9-15(12-19(18)22(25)28)20(26)24-13-16-7-5-6-8-17(16)14-31(29,30)23-2/h5-10,12,23H,3-4,11,13-14H2,1-2H3,(H,24,26). The summed E-state index contributed by atoms with van der Waals surface area (Å²) in [5.41, 5.74) is 2.05. The van der Waals surface area contributed by atoms with E-state index in [4.69, 9.17) is 0 Å². The summed E-state index contributed by atoms with van der Waals surface area (Å²) in [6.45, 7) is 2.46. The Kier molecular flexibility index (Phi) is 6.87. The van der Waals surface area contributed by atoms with Crippen molar-refractivity contribution in [2.75, 3.05) is 13.6 Å². The van der Waals surface area contributed by atoms with Crippen LogP contribution >= 0.6 is 0 Å². The highest BCUT2D eigenvalue weighted by molar-refractivity contribution is 7.88. The predicted molar refractivity (Wildman–Crippen MR) is 116 cm³/mol. The van der Waals surface area contributed by atoms with Gasteiger partial charge in [0.25, 0.3) is 17.7 Å². The summed E-state index contributed by atoms with van der Waals surface area (Å²) in [5, 5.41) is 2.76. The number of rotatable bonds is 9. The minimum Gasteiger partial charge on any atom is -0.348 e. The third-order valence-electron chi connectivity index (χ3n) is 5.18. The van der Waals surface area contributed by atoms with E-state index in [-0.39, 0.29) is 35.2 Å². The fourth-order valence-electron chi connectivity index (χ4n) is 3.38. The van der Waals surface area contributed by atoms with Gasteiger partial charge in [-0.25, -0.2) is 13.1 Å². The second-order valence-corrected chi connectivity index (χ2v) is 9.22. The maximum atomic E-state index is 12.7. The molecule has 0 radical (unpaired) electrons. The van der Waals surface area contributed by atoms with Gasteiger partial charge in [0, 0.05) is 18.7 Å². The number of fused-ring (bicyclic) bond motifs is 1. The molecular weight excluding hydrogens is 418 g/mol. The van der Waals surface area contributed by atoms with Crippen LogP contribution in [0.4, 0.5) is 0 Å². The van der Waals surface area contributed by atoms with Gasteiger partial charge in [-0.15, -0.1) is 0 Å². The number of sulfonamides is 1. The van der Waals surface area contributed by atoms with E-state index >= 15 is 0 Å². The topological polar surface area (TPSA) is 113 Å². The Morgan fingerprint density at radius 3 is 2.35 bits per heavy atom. The number of hydrogen-bond acceptors (Lipinski definition) is 5. The number of nitrogens with zero attached hydrogens (tertiary/aromatic N) is 1. The van der Waals surface area contributed by atoms with Gasteiger partial charge >= 0.3 is 0 Å². The second kappa shape index (κ2) is 9.40. The highest BCUT2D eigenvalue weighted by atomic mass is 32.2. The Labute approximate surface area is 181 Å².